The van der Waals surface area contributed by atoms with Crippen LogP contribution in [0.25, 0.3) is 0 Å². The van der Waals surface area contributed by atoms with Gasteiger partial charge in [-0.05, 0) is 49.9 Å². The highest BCUT2D eigenvalue weighted by Crippen LogP contribution is 2.44. The van der Waals surface area contributed by atoms with Gasteiger partial charge in [-0.15, -0.1) is 0 Å². The molecule has 0 atom stereocenters. The van der Waals surface area contributed by atoms with Crippen molar-refractivity contribution in [1.29, 1.82) is 5.26 Å². The maximum Gasteiger partial charge on any atom is 0.0689 e. The fourth-order valence-corrected chi connectivity index (χ4v) is 5.56. The summed E-state index contributed by atoms with van der Waals surface area (Å²) in [6, 6.07) is 2.67. The molecule has 2 rings (SSSR count). The van der Waals surface area contributed by atoms with Gasteiger partial charge in [-0.3, -0.25) is 0 Å². The molecule has 0 heterocycles. The molecule has 2 aliphatic rings. The predicted molar refractivity (Wildman–Crippen MR) is 108 cm³/mol. The largest absolute Gasteiger partial charge is 0.198 e. The first-order chi connectivity index (χ1) is 12.2. The minimum absolute atomic E-state index is 0.0427. The van der Waals surface area contributed by atoms with Crippen LogP contribution in [0.5, 0.6) is 0 Å². The molecule has 144 valence electrons. The van der Waals surface area contributed by atoms with Gasteiger partial charge in [-0.2, -0.15) is 5.26 Å². The first-order valence-electron chi connectivity index (χ1n) is 11.6. The van der Waals surface area contributed by atoms with Gasteiger partial charge < -0.3 is 0 Å². The summed E-state index contributed by atoms with van der Waals surface area (Å²) in [5, 5.41) is 9.56. The van der Waals surface area contributed by atoms with E-state index >= 15 is 0 Å². The molecule has 0 aromatic carbocycles. The van der Waals surface area contributed by atoms with Crippen LogP contribution < -0.4 is 0 Å². The van der Waals surface area contributed by atoms with Crippen LogP contribution in [0.1, 0.15) is 123 Å². The van der Waals surface area contributed by atoms with E-state index < -0.39 is 0 Å². The molecule has 0 aromatic heterocycles. The van der Waals surface area contributed by atoms with Gasteiger partial charge in [0.05, 0.1) is 11.5 Å². The van der Waals surface area contributed by atoms with Gasteiger partial charge in [0.15, 0.2) is 0 Å². The topological polar surface area (TPSA) is 23.8 Å². The second-order valence-corrected chi connectivity index (χ2v) is 9.40. The molecule has 0 amide bonds. The van der Waals surface area contributed by atoms with Crippen LogP contribution in [0.3, 0.4) is 0 Å². The van der Waals surface area contributed by atoms with Crippen LogP contribution in [0.2, 0.25) is 0 Å². The van der Waals surface area contributed by atoms with Gasteiger partial charge in [0.25, 0.3) is 0 Å². The van der Waals surface area contributed by atoms with Crippen molar-refractivity contribution in [1.82, 2.24) is 0 Å². The lowest BCUT2D eigenvalue weighted by Gasteiger charge is -2.36. The highest BCUT2D eigenvalue weighted by atomic mass is 14.4. The van der Waals surface area contributed by atoms with E-state index in [4.69, 9.17) is 0 Å². The first-order valence-corrected chi connectivity index (χ1v) is 11.6. The Morgan fingerprint density at radius 2 is 1.28 bits per heavy atom. The standard InChI is InChI=1S/C24H43N/c1-3-5-6-7-8-21-9-11-22(12-10-21)13-14-23-15-18-24(20-25,17-4-2)19-16-23/h21-23H,3-19H2,1-2H3/t21-,22-,23-,24-. The van der Waals surface area contributed by atoms with E-state index in [1.54, 1.807) is 0 Å². The zero-order valence-electron chi connectivity index (χ0n) is 17.2. The Bertz CT molecular complexity index is 377. The van der Waals surface area contributed by atoms with E-state index in [0.717, 1.165) is 24.2 Å². The Hall–Kier alpha value is -0.510. The van der Waals surface area contributed by atoms with E-state index in [-0.39, 0.29) is 5.41 Å². The Morgan fingerprint density at radius 3 is 1.80 bits per heavy atom. The van der Waals surface area contributed by atoms with E-state index in [1.165, 1.54) is 103 Å². The molecule has 1 nitrogen and oxygen atoms in total. The van der Waals surface area contributed by atoms with Crippen molar-refractivity contribution in [2.24, 2.45) is 23.2 Å². The molecule has 2 aliphatic carbocycles. The SMILES string of the molecule is CCCCCC[C@H]1CC[C@H](CC[C@H]2CC[C@@](C#N)(CCC)CC2)CC1. The Labute approximate surface area is 158 Å². The lowest BCUT2D eigenvalue weighted by Crippen LogP contribution is -2.26. The number of hydrogen-bond donors (Lipinski definition) is 0. The van der Waals surface area contributed by atoms with Crippen molar-refractivity contribution in [3.63, 3.8) is 0 Å². The smallest absolute Gasteiger partial charge is 0.0689 e. The van der Waals surface area contributed by atoms with Crippen LogP contribution in [-0.2, 0) is 0 Å². The number of nitriles is 1. The Kier molecular flexibility index (Phi) is 9.36. The van der Waals surface area contributed by atoms with Crippen LogP contribution in [0, 0.1) is 34.5 Å². The third-order valence-corrected chi connectivity index (χ3v) is 7.44. The van der Waals surface area contributed by atoms with E-state index in [2.05, 4.69) is 19.9 Å². The molecule has 0 aliphatic heterocycles. The second-order valence-electron chi connectivity index (χ2n) is 9.40. The normalized spacial score (nSPS) is 33.1. The number of hydrogen-bond acceptors (Lipinski definition) is 1. The first kappa shape index (κ1) is 20.8. The van der Waals surface area contributed by atoms with Crippen molar-refractivity contribution in [3.8, 4) is 6.07 Å². The van der Waals surface area contributed by atoms with Gasteiger partial charge in [0.1, 0.15) is 0 Å². The molecule has 0 radical (unpaired) electrons. The summed E-state index contributed by atoms with van der Waals surface area (Å²) in [5.41, 5.74) is 0.0427. The molecule has 2 fully saturated rings. The minimum Gasteiger partial charge on any atom is -0.198 e. The van der Waals surface area contributed by atoms with Crippen LogP contribution >= 0.6 is 0 Å². The number of rotatable bonds is 10. The van der Waals surface area contributed by atoms with Crippen LogP contribution in [0.4, 0.5) is 0 Å². The van der Waals surface area contributed by atoms with Crippen molar-refractivity contribution < 1.29 is 0 Å². The summed E-state index contributed by atoms with van der Waals surface area (Å²) in [5.74, 6) is 2.99. The third-order valence-electron chi connectivity index (χ3n) is 7.44. The highest BCUT2D eigenvalue weighted by molar-refractivity contribution is 5.01. The lowest BCUT2D eigenvalue weighted by molar-refractivity contribution is 0.173. The molecule has 0 aromatic rings. The van der Waals surface area contributed by atoms with Gasteiger partial charge in [0.2, 0.25) is 0 Å². The Balaban J connectivity index is 1.57. The molecule has 1 heteroatoms. The van der Waals surface area contributed by atoms with Crippen molar-refractivity contribution in [2.45, 2.75) is 123 Å². The molecule has 0 unspecified atom stereocenters. The van der Waals surface area contributed by atoms with Crippen LogP contribution in [0.15, 0.2) is 0 Å². The van der Waals surface area contributed by atoms with Crippen molar-refractivity contribution >= 4 is 0 Å². The van der Waals surface area contributed by atoms with E-state index in [1.807, 2.05) is 0 Å². The summed E-state index contributed by atoms with van der Waals surface area (Å²) in [6.07, 6.45) is 23.5. The van der Waals surface area contributed by atoms with Gasteiger partial charge in [0, 0.05) is 0 Å². The average Bonchev–Trinajstić information content (AvgIpc) is 2.66. The fourth-order valence-electron chi connectivity index (χ4n) is 5.56. The van der Waals surface area contributed by atoms with Crippen LogP contribution in [-0.4, -0.2) is 0 Å². The van der Waals surface area contributed by atoms with Gasteiger partial charge in [-0.1, -0.05) is 90.9 Å². The molecular weight excluding hydrogens is 302 g/mol. The third kappa shape index (κ3) is 6.96. The lowest BCUT2D eigenvalue weighted by atomic mass is 9.67. The monoisotopic (exact) mass is 345 g/mol. The maximum atomic E-state index is 9.56. The minimum atomic E-state index is 0.0427. The van der Waals surface area contributed by atoms with E-state index in [0.29, 0.717) is 0 Å². The maximum absolute atomic E-state index is 9.56. The molecule has 25 heavy (non-hydrogen) atoms. The number of unbranched alkanes of at least 4 members (excludes halogenated alkanes) is 3. The fraction of sp³-hybridized carbons (Fsp3) is 0.958. The zero-order chi connectivity index (χ0) is 18.0. The summed E-state index contributed by atoms with van der Waals surface area (Å²) in [7, 11) is 0. The summed E-state index contributed by atoms with van der Waals surface area (Å²) in [6.45, 7) is 4.53. The Morgan fingerprint density at radius 1 is 0.720 bits per heavy atom. The van der Waals surface area contributed by atoms with Gasteiger partial charge >= 0.3 is 0 Å². The second kappa shape index (κ2) is 11.3. The summed E-state index contributed by atoms with van der Waals surface area (Å²) < 4.78 is 0. The molecular formula is C24H43N. The quantitative estimate of drug-likeness (QED) is 0.367. The molecule has 0 spiro atoms. The average molecular weight is 346 g/mol. The summed E-state index contributed by atoms with van der Waals surface area (Å²) >= 11 is 0. The van der Waals surface area contributed by atoms with Gasteiger partial charge in [-0.25, -0.2) is 0 Å². The summed E-state index contributed by atoms with van der Waals surface area (Å²) in [4.78, 5) is 0. The van der Waals surface area contributed by atoms with Crippen molar-refractivity contribution in [2.75, 3.05) is 0 Å². The van der Waals surface area contributed by atoms with E-state index in [9.17, 15) is 5.26 Å². The zero-order valence-corrected chi connectivity index (χ0v) is 17.2. The highest BCUT2D eigenvalue weighted by Gasteiger charge is 2.34. The molecule has 0 bridgehead atoms. The number of nitrogens with zero attached hydrogens (tertiary/aromatic N) is 1. The molecule has 0 N–H and O–H groups in total. The van der Waals surface area contributed by atoms with Crippen molar-refractivity contribution in [3.05, 3.63) is 0 Å². The predicted octanol–water partition coefficient (Wildman–Crippen LogP) is 8.04. The molecule has 2 saturated carbocycles. The molecule has 0 saturated heterocycles.